The van der Waals surface area contributed by atoms with Crippen LogP contribution in [0.1, 0.15) is 0 Å². The molecule has 0 saturated heterocycles. The van der Waals surface area contributed by atoms with Crippen LogP contribution in [0, 0.1) is 10.1 Å². The molecule has 10 heteroatoms. The second-order valence-electron chi connectivity index (χ2n) is 3.32. The fraction of sp³-hybridized carbons (Fsp3) is 0.100. The number of benzene rings is 1. The molecule has 104 valence electrons. The average Bonchev–Trinajstić information content (AvgIpc) is 2.40. The van der Waals surface area contributed by atoms with E-state index < -0.39 is 4.92 Å². The Bertz CT molecular complexity index is 668. The summed E-state index contributed by atoms with van der Waals surface area (Å²) in [5.74, 6) is -0.191. The van der Waals surface area contributed by atoms with Gasteiger partial charge in [0.2, 0.25) is 11.0 Å². The van der Waals surface area contributed by atoms with Gasteiger partial charge in [0.15, 0.2) is 0 Å². The summed E-state index contributed by atoms with van der Waals surface area (Å²) in [7, 11) is 1.33. The van der Waals surface area contributed by atoms with E-state index in [1.54, 1.807) is 0 Å². The number of hydrogen-bond acceptors (Lipinski definition) is 7. The fourth-order valence-corrected chi connectivity index (χ4v) is 1.64. The zero-order valence-corrected chi connectivity index (χ0v) is 11.4. The Morgan fingerprint density at radius 3 is 2.55 bits per heavy atom. The molecule has 2 rings (SSSR count). The molecule has 0 aliphatic heterocycles. The van der Waals surface area contributed by atoms with Gasteiger partial charge in [0, 0.05) is 6.07 Å². The highest BCUT2D eigenvalue weighted by atomic mass is 35.5. The summed E-state index contributed by atoms with van der Waals surface area (Å²) >= 11 is 11.5. The number of nitro benzene ring substituents is 1. The molecule has 0 fully saturated rings. The zero-order chi connectivity index (χ0) is 14.7. The number of aromatic nitrogens is 3. The first-order valence-electron chi connectivity index (χ1n) is 5.07. The van der Waals surface area contributed by atoms with Gasteiger partial charge in [-0.05, 0) is 17.7 Å². The minimum atomic E-state index is -0.638. The van der Waals surface area contributed by atoms with Gasteiger partial charge in [-0.3, -0.25) is 10.1 Å². The molecule has 0 amide bonds. The Morgan fingerprint density at radius 1 is 1.20 bits per heavy atom. The number of halogens is 2. The van der Waals surface area contributed by atoms with Crippen molar-refractivity contribution >= 4 is 28.9 Å². The van der Waals surface area contributed by atoms with Gasteiger partial charge in [-0.25, -0.2) is 0 Å². The van der Waals surface area contributed by atoms with E-state index in [0.29, 0.717) is 0 Å². The Balaban J connectivity index is 2.44. The minimum absolute atomic E-state index is 0.0368. The number of para-hydroxylation sites is 1. The van der Waals surface area contributed by atoms with Crippen molar-refractivity contribution in [2.75, 3.05) is 7.11 Å². The summed E-state index contributed by atoms with van der Waals surface area (Å²) in [6.45, 7) is 0. The van der Waals surface area contributed by atoms with Gasteiger partial charge in [-0.15, -0.1) is 4.98 Å². The van der Waals surface area contributed by atoms with E-state index in [-0.39, 0.29) is 33.8 Å². The molecule has 1 aromatic carbocycles. The monoisotopic (exact) mass is 316 g/mol. The zero-order valence-electron chi connectivity index (χ0n) is 9.91. The lowest BCUT2D eigenvalue weighted by atomic mass is 10.3. The molecule has 0 spiro atoms. The van der Waals surface area contributed by atoms with Crippen LogP contribution in [0.3, 0.4) is 0 Å². The van der Waals surface area contributed by atoms with Crippen molar-refractivity contribution in [3.05, 3.63) is 38.6 Å². The first-order chi connectivity index (χ1) is 9.51. The van der Waals surface area contributed by atoms with Crippen molar-refractivity contribution in [3.63, 3.8) is 0 Å². The standard InChI is InChI=1S/C10H6Cl2N4O4/c1-19-9-13-8(12)14-10(15-9)20-7-5(11)3-2-4-6(7)16(17)18/h2-4H,1H3. The van der Waals surface area contributed by atoms with E-state index in [2.05, 4.69) is 15.0 Å². The van der Waals surface area contributed by atoms with Crippen molar-refractivity contribution in [2.45, 2.75) is 0 Å². The highest BCUT2D eigenvalue weighted by molar-refractivity contribution is 6.32. The molecule has 0 radical (unpaired) electrons. The van der Waals surface area contributed by atoms with E-state index in [0.717, 1.165) is 0 Å². The average molecular weight is 317 g/mol. The highest BCUT2D eigenvalue weighted by Crippen LogP contribution is 2.37. The van der Waals surface area contributed by atoms with Crippen molar-refractivity contribution in [2.24, 2.45) is 0 Å². The first-order valence-corrected chi connectivity index (χ1v) is 5.83. The van der Waals surface area contributed by atoms with Crippen LogP contribution in [0.4, 0.5) is 5.69 Å². The number of nitrogens with zero attached hydrogens (tertiary/aromatic N) is 4. The van der Waals surface area contributed by atoms with Crippen LogP contribution in [-0.2, 0) is 0 Å². The third-order valence-electron chi connectivity index (χ3n) is 2.09. The van der Waals surface area contributed by atoms with Gasteiger partial charge in [0.25, 0.3) is 0 Å². The molecule has 1 aromatic heterocycles. The predicted octanol–water partition coefficient (Wildman–Crippen LogP) is 2.89. The summed E-state index contributed by atoms with van der Waals surface area (Å²) in [5, 5.41) is 10.8. The van der Waals surface area contributed by atoms with Crippen LogP contribution in [0.5, 0.6) is 17.8 Å². The van der Waals surface area contributed by atoms with Crippen LogP contribution in [0.15, 0.2) is 18.2 Å². The van der Waals surface area contributed by atoms with E-state index >= 15 is 0 Å². The molecule has 1 heterocycles. The molecular formula is C10H6Cl2N4O4. The molecule has 0 aliphatic rings. The summed E-state index contributed by atoms with van der Waals surface area (Å²) in [6.07, 6.45) is 0. The van der Waals surface area contributed by atoms with E-state index in [4.69, 9.17) is 32.7 Å². The lowest BCUT2D eigenvalue weighted by molar-refractivity contribution is -0.385. The fourth-order valence-electron chi connectivity index (χ4n) is 1.29. The topological polar surface area (TPSA) is 100 Å². The molecule has 0 N–H and O–H groups in total. The first kappa shape index (κ1) is 14.2. The third kappa shape index (κ3) is 3.03. The molecular weight excluding hydrogens is 311 g/mol. The minimum Gasteiger partial charge on any atom is -0.467 e. The lowest BCUT2D eigenvalue weighted by Gasteiger charge is -2.07. The molecule has 0 atom stereocenters. The Hall–Kier alpha value is -2.19. The van der Waals surface area contributed by atoms with Gasteiger partial charge in [0.05, 0.1) is 17.1 Å². The normalized spacial score (nSPS) is 10.2. The summed E-state index contributed by atoms with van der Waals surface area (Å²) < 4.78 is 10.0. The number of nitro groups is 1. The van der Waals surface area contributed by atoms with Crippen LogP contribution >= 0.6 is 23.2 Å². The van der Waals surface area contributed by atoms with Crippen molar-refractivity contribution < 1.29 is 14.4 Å². The van der Waals surface area contributed by atoms with E-state index in [1.165, 1.54) is 25.3 Å². The maximum atomic E-state index is 10.9. The van der Waals surface area contributed by atoms with Crippen LogP contribution in [0.25, 0.3) is 0 Å². The maximum Gasteiger partial charge on any atom is 0.329 e. The molecule has 2 aromatic rings. The smallest absolute Gasteiger partial charge is 0.329 e. The van der Waals surface area contributed by atoms with E-state index in [1.807, 2.05) is 0 Å². The van der Waals surface area contributed by atoms with Gasteiger partial charge >= 0.3 is 17.7 Å². The van der Waals surface area contributed by atoms with Crippen molar-refractivity contribution in [1.82, 2.24) is 15.0 Å². The quantitative estimate of drug-likeness (QED) is 0.631. The number of ether oxygens (including phenoxy) is 2. The van der Waals surface area contributed by atoms with Crippen molar-refractivity contribution in [3.8, 4) is 17.8 Å². The Morgan fingerprint density at radius 2 is 1.90 bits per heavy atom. The number of methoxy groups -OCH3 is 1. The van der Waals surface area contributed by atoms with E-state index in [9.17, 15) is 10.1 Å². The van der Waals surface area contributed by atoms with Gasteiger partial charge in [0.1, 0.15) is 0 Å². The molecule has 0 bridgehead atoms. The maximum absolute atomic E-state index is 10.9. The third-order valence-corrected chi connectivity index (χ3v) is 2.55. The van der Waals surface area contributed by atoms with Crippen LogP contribution in [0.2, 0.25) is 10.3 Å². The second-order valence-corrected chi connectivity index (χ2v) is 4.07. The Labute approximate surface area is 122 Å². The molecule has 20 heavy (non-hydrogen) atoms. The largest absolute Gasteiger partial charge is 0.467 e. The van der Waals surface area contributed by atoms with Crippen molar-refractivity contribution in [1.29, 1.82) is 0 Å². The van der Waals surface area contributed by atoms with Crippen LogP contribution < -0.4 is 9.47 Å². The molecule has 0 aliphatic carbocycles. The Kier molecular flexibility index (Phi) is 4.16. The van der Waals surface area contributed by atoms with Gasteiger partial charge in [-0.2, -0.15) is 9.97 Å². The molecule has 0 saturated carbocycles. The highest BCUT2D eigenvalue weighted by Gasteiger charge is 2.20. The van der Waals surface area contributed by atoms with Gasteiger partial charge in [-0.1, -0.05) is 17.7 Å². The summed E-state index contributed by atoms with van der Waals surface area (Å²) in [4.78, 5) is 21.4. The SMILES string of the molecule is COc1nc(Cl)nc(Oc2c(Cl)cccc2[N+](=O)[O-])n1. The van der Waals surface area contributed by atoms with Crippen LogP contribution in [-0.4, -0.2) is 27.0 Å². The predicted molar refractivity (Wildman–Crippen MR) is 69.6 cm³/mol. The summed E-state index contributed by atoms with van der Waals surface area (Å²) in [6, 6.07) is 3.74. The lowest BCUT2D eigenvalue weighted by Crippen LogP contribution is -2.00. The summed E-state index contributed by atoms with van der Waals surface area (Å²) in [5.41, 5.74) is -0.326. The molecule has 0 unspecified atom stereocenters. The van der Waals surface area contributed by atoms with Gasteiger partial charge < -0.3 is 9.47 Å². The molecule has 8 nitrogen and oxygen atoms in total. The number of hydrogen-bond donors (Lipinski definition) is 0. The number of rotatable bonds is 4. The second kappa shape index (κ2) is 5.85.